The van der Waals surface area contributed by atoms with Crippen molar-refractivity contribution in [3.8, 4) is 17.2 Å². The Morgan fingerprint density at radius 2 is 2.05 bits per heavy atom. The van der Waals surface area contributed by atoms with Crippen LogP contribution in [0.25, 0.3) is 0 Å². The van der Waals surface area contributed by atoms with Gasteiger partial charge in [-0.2, -0.15) is 5.10 Å². The van der Waals surface area contributed by atoms with Crippen LogP contribution in [0.2, 0.25) is 0 Å². The summed E-state index contributed by atoms with van der Waals surface area (Å²) in [7, 11) is 3.16. The van der Waals surface area contributed by atoms with Gasteiger partial charge >= 0.3 is 0 Å². The number of nitrogens with one attached hydrogen (secondary N) is 1. The van der Waals surface area contributed by atoms with Crippen LogP contribution in [0.3, 0.4) is 0 Å². The topological polar surface area (TPSA) is 69.2 Å². The molecule has 0 saturated heterocycles. The Bertz CT molecular complexity index is 568. The molecule has 1 N–H and O–H groups in total. The Morgan fingerprint density at radius 1 is 1.32 bits per heavy atom. The van der Waals surface area contributed by atoms with E-state index in [-0.39, 0.29) is 11.8 Å². The Labute approximate surface area is 110 Å². The lowest BCUT2D eigenvalue weighted by molar-refractivity contribution is -0.122. The summed E-state index contributed by atoms with van der Waals surface area (Å²) < 4.78 is 16.2. The van der Waals surface area contributed by atoms with Crippen LogP contribution < -0.4 is 19.6 Å². The van der Waals surface area contributed by atoms with Gasteiger partial charge in [-0.3, -0.25) is 4.79 Å². The molecule has 0 spiro atoms. The summed E-state index contributed by atoms with van der Waals surface area (Å²) in [6.07, 6.45) is 0.395. The molecule has 0 radical (unpaired) electrons. The molecule has 3 rings (SSSR count). The summed E-state index contributed by atoms with van der Waals surface area (Å²) in [4.78, 5) is 11.3. The Balaban J connectivity index is 2.09. The van der Waals surface area contributed by atoms with E-state index in [9.17, 15) is 4.79 Å². The fraction of sp³-hybridized carbons (Fsp3) is 0.385. The highest BCUT2D eigenvalue weighted by molar-refractivity contribution is 6.09. The molecule has 2 heterocycles. The zero-order valence-electron chi connectivity index (χ0n) is 10.7. The van der Waals surface area contributed by atoms with Crippen molar-refractivity contribution >= 4 is 11.6 Å². The predicted octanol–water partition coefficient (Wildman–Crippen LogP) is 0.936. The molecule has 0 fully saturated rings. The maximum Gasteiger partial charge on any atom is 0.240 e. The van der Waals surface area contributed by atoms with Crippen molar-refractivity contribution < 1.29 is 19.0 Å². The molecule has 1 atom stereocenters. The zero-order valence-corrected chi connectivity index (χ0v) is 10.7. The van der Waals surface area contributed by atoms with Gasteiger partial charge in [-0.05, 0) is 6.07 Å². The number of hydrazone groups is 1. The minimum absolute atomic E-state index is 0.000601. The summed E-state index contributed by atoms with van der Waals surface area (Å²) in [5.74, 6) is 1.84. The Morgan fingerprint density at radius 3 is 2.79 bits per heavy atom. The minimum atomic E-state index is -0.0822. The van der Waals surface area contributed by atoms with Crippen molar-refractivity contribution in [2.24, 2.45) is 11.0 Å². The number of methoxy groups -OCH3 is 2. The van der Waals surface area contributed by atoms with Gasteiger partial charge < -0.3 is 14.2 Å². The number of fused-ring (bicyclic) bond motifs is 3. The second-order valence-corrected chi connectivity index (χ2v) is 4.45. The van der Waals surface area contributed by atoms with Crippen LogP contribution in [0.15, 0.2) is 17.2 Å². The molecule has 2 aliphatic heterocycles. The van der Waals surface area contributed by atoms with E-state index >= 15 is 0 Å². The van der Waals surface area contributed by atoms with Gasteiger partial charge in [0.05, 0.1) is 26.5 Å². The van der Waals surface area contributed by atoms with Gasteiger partial charge in [0.2, 0.25) is 5.91 Å². The van der Waals surface area contributed by atoms with Gasteiger partial charge in [-0.15, -0.1) is 0 Å². The number of hydrogen-bond donors (Lipinski definition) is 1. The van der Waals surface area contributed by atoms with E-state index in [1.54, 1.807) is 20.3 Å². The molecule has 0 aromatic heterocycles. The molecule has 6 heteroatoms. The van der Waals surface area contributed by atoms with Crippen molar-refractivity contribution in [2.45, 2.75) is 6.42 Å². The van der Waals surface area contributed by atoms with Crippen LogP contribution in [0.5, 0.6) is 17.2 Å². The van der Waals surface area contributed by atoms with Crippen molar-refractivity contribution in [1.82, 2.24) is 5.43 Å². The largest absolute Gasteiger partial charge is 0.493 e. The van der Waals surface area contributed by atoms with Gasteiger partial charge in [-0.1, -0.05) is 0 Å². The molecule has 2 aliphatic rings. The lowest BCUT2D eigenvalue weighted by Gasteiger charge is -2.29. The van der Waals surface area contributed by atoms with Crippen LogP contribution in [-0.4, -0.2) is 32.4 Å². The molecule has 0 bridgehead atoms. The zero-order chi connectivity index (χ0) is 13.4. The van der Waals surface area contributed by atoms with E-state index < -0.39 is 0 Å². The number of hydrogen-bond acceptors (Lipinski definition) is 5. The lowest BCUT2D eigenvalue weighted by Crippen LogP contribution is -2.39. The Hall–Kier alpha value is -2.24. The maximum atomic E-state index is 11.3. The molecule has 1 amide bonds. The number of carbonyl (C=O) groups is 1. The van der Waals surface area contributed by atoms with Crippen LogP contribution in [0, 0.1) is 5.92 Å². The number of rotatable bonds is 2. The van der Waals surface area contributed by atoms with Crippen molar-refractivity contribution in [1.29, 1.82) is 0 Å². The summed E-state index contributed by atoms with van der Waals surface area (Å²) in [5, 5.41) is 4.15. The van der Waals surface area contributed by atoms with Gasteiger partial charge in [-0.25, -0.2) is 5.43 Å². The third-order valence-electron chi connectivity index (χ3n) is 3.32. The first-order chi connectivity index (χ1) is 9.22. The number of nitrogens with zero attached hydrogens (tertiary/aromatic N) is 1. The summed E-state index contributed by atoms with van der Waals surface area (Å²) >= 11 is 0. The molecule has 100 valence electrons. The molecular weight excluding hydrogens is 248 g/mol. The lowest BCUT2D eigenvalue weighted by atomic mass is 9.90. The van der Waals surface area contributed by atoms with Crippen molar-refractivity contribution in [2.75, 3.05) is 20.8 Å². The number of ether oxygens (including phenoxy) is 3. The predicted molar refractivity (Wildman–Crippen MR) is 67.8 cm³/mol. The van der Waals surface area contributed by atoms with Crippen LogP contribution >= 0.6 is 0 Å². The molecular formula is C13H14N2O4. The van der Waals surface area contributed by atoms with E-state index in [1.807, 2.05) is 6.07 Å². The monoisotopic (exact) mass is 262 g/mol. The normalized spacial score (nSPS) is 20.4. The van der Waals surface area contributed by atoms with E-state index in [0.29, 0.717) is 30.3 Å². The average molecular weight is 262 g/mol. The SMILES string of the molecule is COc1cc2c(cc1OC)C1=NNC(=O)CC1CO2. The van der Waals surface area contributed by atoms with Gasteiger partial charge in [0.15, 0.2) is 11.5 Å². The number of amides is 1. The quantitative estimate of drug-likeness (QED) is 0.861. The van der Waals surface area contributed by atoms with Crippen molar-refractivity contribution in [3.63, 3.8) is 0 Å². The molecule has 19 heavy (non-hydrogen) atoms. The van der Waals surface area contributed by atoms with E-state index in [2.05, 4.69) is 10.5 Å². The first-order valence-electron chi connectivity index (χ1n) is 5.98. The fourth-order valence-corrected chi connectivity index (χ4v) is 2.37. The molecule has 1 aromatic rings. The molecule has 0 aliphatic carbocycles. The standard InChI is InChI=1S/C13H14N2O4/c1-17-10-4-8-9(5-11(10)18-2)19-6-7-3-12(16)14-15-13(7)8/h4-5,7H,3,6H2,1-2H3,(H,14,16). The summed E-state index contributed by atoms with van der Waals surface area (Å²) in [6, 6.07) is 3.61. The highest BCUT2D eigenvalue weighted by Gasteiger charge is 2.33. The Kier molecular flexibility index (Phi) is 2.77. The van der Waals surface area contributed by atoms with Crippen LogP contribution in [0.1, 0.15) is 12.0 Å². The summed E-state index contributed by atoms with van der Waals surface area (Å²) in [6.45, 7) is 0.453. The molecule has 6 nitrogen and oxygen atoms in total. The van der Waals surface area contributed by atoms with Gasteiger partial charge in [0.25, 0.3) is 0 Å². The minimum Gasteiger partial charge on any atom is -0.493 e. The highest BCUT2D eigenvalue weighted by atomic mass is 16.5. The molecule has 0 saturated carbocycles. The molecule has 1 aromatic carbocycles. The highest BCUT2D eigenvalue weighted by Crippen LogP contribution is 2.39. The molecule has 1 unspecified atom stereocenters. The second-order valence-electron chi connectivity index (χ2n) is 4.45. The van der Waals surface area contributed by atoms with E-state index in [0.717, 1.165) is 11.3 Å². The first kappa shape index (κ1) is 11.8. The number of benzene rings is 1. The second kappa shape index (κ2) is 4.46. The van der Waals surface area contributed by atoms with Crippen LogP contribution in [-0.2, 0) is 4.79 Å². The first-order valence-corrected chi connectivity index (χ1v) is 5.98. The fourth-order valence-electron chi connectivity index (χ4n) is 2.37. The third kappa shape index (κ3) is 1.89. The average Bonchev–Trinajstić information content (AvgIpc) is 2.45. The van der Waals surface area contributed by atoms with Crippen LogP contribution in [0.4, 0.5) is 0 Å². The van der Waals surface area contributed by atoms with Gasteiger partial charge in [0, 0.05) is 24.0 Å². The number of carbonyl (C=O) groups excluding carboxylic acids is 1. The third-order valence-corrected chi connectivity index (χ3v) is 3.32. The smallest absolute Gasteiger partial charge is 0.240 e. The van der Waals surface area contributed by atoms with Gasteiger partial charge in [0.1, 0.15) is 5.75 Å². The van der Waals surface area contributed by atoms with E-state index in [4.69, 9.17) is 14.2 Å². The maximum absolute atomic E-state index is 11.3. The van der Waals surface area contributed by atoms with Crippen molar-refractivity contribution in [3.05, 3.63) is 17.7 Å². The summed E-state index contributed by atoms with van der Waals surface area (Å²) in [5.41, 5.74) is 4.19. The van der Waals surface area contributed by atoms with E-state index in [1.165, 1.54) is 0 Å².